The first-order valence-corrected chi connectivity index (χ1v) is 14.2. The van der Waals surface area contributed by atoms with E-state index in [1.807, 2.05) is 30.7 Å². The molecule has 0 aliphatic rings. The van der Waals surface area contributed by atoms with E-state index in [9.17, 15) is 9.59 Å². The van der Waals surface area contributed by atoms with Crippen LogP contribution >= 0.6 is 35.1 Å². The van der Waals surface area contributed by atoms with Gasteiger partial charge in [-0.3, -0.25) is 9.59 Å². The van der Waals surface area contributed by atoms with Crippen LogP contribution in [0.25, 0.3) is 0 Å². The molecule has 1 aromatic heterocycles. The molecule has 1 atom stereocenters. The molecule has 2 aromatic carbocycles. The molecule has 0 radical (unpaired) electrons. The molecule has 11 heteroatoms. The van der Waals surface area contributed by atoms with Crippen molar-refractivity contribution >= 4 is 52.6 Å². The minimum Gasteiger partial charge on any atom is -0.497 e. The lowest BCUT2D eigenvalue weighted by atomic mass is 10.1. The second-order valence-corrected chi connectivity index (χ2v) is 10.3. The number of halogens is 1. The van der Waals surface area contributed by atoms with Crippen molar-refractivity contribution in [3.8, 4) is 5.75 Å². The van der Waals surface area contributed by atoms with Crippen molar-refractivity contribution < 1.29 is 14.3 Å². The molecule has 0 saturated carbocycles. The van der Waals surface area contributed by atoms with E-state index in [1.54, 1.807) is 55.3 Å². The second kappa shape index (κ2) is 13.6. The Morgan fingerprint density at radius 1 is 1.17 bits per heavy atom. The highest BCUT2D eigenvalue weighted by Gasteiger charge is 2.23. The SMILES string of the molecule is CCn1c(SCC(=O)Nc2cc(Cl)ccc2C)nnc1[C@H](CCSC)NC(=O)c1ccc(OC)cc1. The number of ether oxygens (including phenoxy) is 1. The van der Waals surface area contributed by atoms with Crippen LogP contribution in [0.5, 0.6) is 5.75 Å². The van der Waals surface area contributed by atoms with Crippen LogP contribution in [0, 0.1) is 6.92 Å². The van der Waals surface area contributed by atoms with Gasteiger partial charge in [0.1, 0.15) is 5.75 Å². The van der Waals surface area contributed by atoms with Crippen molar-refractivity contribution in [3.63, 3.8) is 0 Å². The molecule has 2 N–H and O–H groups in total. The van der Waals surface area contributed by atoms with Gasteiger partial charge < -0.3 is 19.9 Å². The molecule has 0 spiro atoms. The van der Waals surface area contributed by atoms with Gasteiger partial charge in [-0.1, -0.05) is 29.4 Å². The highest BCUT2D eigenvalue weighted by atomic mass is 35.5. The fourth-order valence-corrected chi connectivity index (χ4v) is 4.95. The molecule has 192 valence electrons. The molecule has 36 heavy (non-hydrogen) atoms. The summed E-state index contributed by atoms with van der Waals surface area (Å²) in [6, 6.07) is 12.0. The summed E-state index contributed by atoms with van der Waals surface area (Å²) in [6.45, 7) is 4.51. The zero-order chi connectivity index (χ0) is 26.1. The molecule has 1 heterocycles. The van der Waals surface area contributed by atoms with Gasteiger partial charge in [0.15, 0.2) is 11.0 Å². The average molecular weight is 548 g/mol. The Labute approximate surface area is 224 Å². The molecular formula is C25H30ClN5O3S2. The van der Waals surface area contributed by atoms with Crippen LogP contribution in [0.15, 0.2) is 47.6 Å². The third-order valence-electron chi connectivity index (χ3n) is 5.45. The summed E-state index contributed by atoms with van der Waals surface area (Å²) in [4.78, 5) is 25.5. The van der Waals surface area contributed by atoms with E-state index in [1.165, 1.54) is 11.8 Å². The highest BCUT2D eigenvalue weighted by molar-refractivity contribution is 7.99. The van der Waals surface area contributed by atoms with Gasteiger partial charge in [-0.05, 0) is 74.2 Å². The zero-order valence-corrected chi connectivity index (χ0v) is 23.1. The number of thioether (sulfide) groups is 2. The Morgan fingerprint density at radius 2 is 1.92 bits per heavy atom. The maximum atomic E-state index is 13.0. The fraction of sp³-hybridized carbons (Fsp3) is 0.360. The van der Waals surface area contributed by atoms with E-state index in [0.717, 1.165) is 11.3 Å². The van der Waals surface area contributed by atoms with Gasteiger partial charge in [0.25, 0.3) is 5.91 Å². The molecule has 0 aliphatic carbocycles. The molecule has 2 amide bonds. The molecule has 0 bridgehead atoms. The number of anilines is 1. The third kappa shape index (κ3) is 7.41. The van der Waals surface area contributed by atoms with Crippen LogP contribution in [0.3, 0.4) is 0 Å². The number of rotatable bonds is 12. The number of nitrogens with one attached hydrogen (secondary N) is 2. The zero-order valence-electron chi connectivity index (χ0n) is 20.7. The molecule has 8 nitrogen and oxygen atoms in total. The maximum absolute atomic E-state index is 13.0. The van der Waals surface area contributed by atoms with Crippen LogP contribution in [-0.2, 0) is 11.3 Å². The quantitative estimate of drug-likeness (QED) is 0.300. The molecule has 0 aliphatic heterocycles. The van der Waals surface area contributed by atoms with Gasteiger partial charge in [0, 0.05) is 22.8 Å². The number of methoxy groups -OCH3 is 1. The van der Waals surface area contributed by atoms with Crippen LogP contribution in [0.2, 0.25) is 5.02 Å². The number of aryl methyl sites for hydroxylation is 1. The smallest absolute Gasteiger partial charge is 0.251 e. The summed E-state index contributed by atoms with van der Waals surface area (Å²) in [5.74, 6) is 2.00. The maximum Gasteiger partial charge on any atom is 0.251 e. The lowest BCUT2D eigenvalue weighted by molar-refractivity contribution is -0.113. The molecule has 0 unspecified atom stereocenters. The largest absolute Gasteiger partial charge is 0.497 e. The normalized spacial score (nSPS) is 11.7. The summed E-state index contributed by atoms with van der Waals surface area (Å²) in [5.41, 5.74) is 2.15. The first kappa shape index (κ1) is 27.9. The molecule has 0 saturated heterocycles. The van der Waals surface area contributed by atoms with E-state index in [-0.39, 0.29) is 23.6 Å². The molecule has 3 aromatic rings. The lowest BCUT2D eigenvalue weighted by Gasteiger charge is -2.19. The number of amides is 2. The van der Waals surface area contributed by atoms with Gasteiger partial charge in [0.05, 0.1) is 18.9 Å². The van der Waals surface area contributed by atoms with E-state index < -0.39 is 0 Å². The summed E-state index contributed by atoms with van der Waals surface area (Å²) >= 11 is 9.05. The fourth-order valence-electron chi connectivity index (χ4n) is 3.49. The van der Waals surface area contributed by atoms with Crippen LogP contribution in [0.1, 0.15) is 41.1 Å². The van der Waals surface area contributed by atoms with Crippen LogP contribution in [0.4, 0.5) is 5.69 Å². The molecule has 0 fully saturated rings. The third-order valence-corrected chi connectivity index (χ3v) is 7.29. The second-order valence-electron chi connectivity index (χ2n) is 7.92. The van der Waals surface area contributed by atoms with Crippen LogP contribution < -0.4 is 15.4 Å². The number of aromatic nitrogens is 3. The number of benzene rings is 2. The van der Waals surface area contributed by atoms with E-state index >= 15 is 0 Å². The number of hydrogen-bond donors (Lipinski definition) is 2. The first-order chi connectivity index (χ1) is 17.4. The van der Waals surface area contributed by atoms with Gasteiger partial charge in [-0.25, -0.2) is 0 Å². The standard InChI is InChI=1S/C25H30ClN5O3S2/c1-5-31-23(20(12-13-35-4)28-24(33)17-7-10-19(34-3)11-8-17)29-30-25(31)36-15-22(32)27-21-14-18(26)9-6-16(21)2/h6-11,14,20H,5,12-13,15H2,1-4H3,(H,27,32)(H,28,33)/t20-/m0/s1. The van der Waals surface area contributed by atoms with E-state index in [2.05, 4.69) is 20.8 Å². The van der Waals surface area contributed by atoms with Crippen molar-refractivity contribution in [2.24, 2.45) is 0 Å². The van der Waals surface area contributed by atoms with Gasteiger partial charge in [0.2, 0.25) is 5.91 Å². The van der Waals surface area contributed by atoms with Gasteiger partial charge in [-0.2, -0.15) is 11.8 Å². The molecule has 3 rings (SSSR count). The number of carbonyl (C=O) groups excluding carboxylic acids is 2. The summed E-state index contributed by atoms with van der Waals surface area (Å²) < 4.78 is 7.12. The topological polar surface area (TPSA) is 98.1 Å². The Morgan fingerprint density at radius 3 is 2.58 bits per heavy atom. The van der Waals surface area contributed by atoms with Gasteiger partial charge >= 0.3 is 0 Å². The molecular weight excluding hydrogens is 518 g/mol. The highest BCUT2D eigenvalue weighted by Crippen LogP contribution is 2.25. The number of nitrogens with zero attached hydrogens (tertiary/aromatic N) is 3. The predicted molar refractivity (Wildman–Crippen MR) is 147 cm³/mol. The Hall–Kier alpha value is -2.69. The monoisotopic (exact) mass is 547 g/mol. The lowest BCUT2D eigenvalue weighted by Crippen LogP contribution is -2.31. The average Bonchev–Trinajstić information content (AvgIpc) is 3.30. The first-order valence-electron chi connectivity index (χ1n) is 11.4. The van der Waals surface area contributed by atoms with Crippen molar-refractivity contribution in [2.75, 3.05) is 30.2 Å². The number of carbonyl (C=O) groups is 2. The minimum atomic E-state index is -0.322. The summed E-state index contributed by atoms with van der Waals surface area (Å²) in [6.07, 6.45) is 2.72. The summed E-state index contributed by atoms with van der Waals surface area (Å²) in [7, 11) is 1.59. The Kier molecular flexibility index (Phi) is 10.5. The van der Waals surface area contributed by atoms with Crippen molar-refractivity contribution in [1.29, 1.82) is 0 Å². The van der Waals surface area contributed by atoms with Crippen molar-refractivity contribution in [3.05, 3.63) is 64.4 Å². The van der Waals surface area contributed by atoms with E-state index in [4.69, 9.17) is 16.3 Å². The Bertz CT molecular complexity index is 1190. The van der Waals surface area contributed by atoms with E-state index in [0.29, 0.717) is 46.0 Å². The van der Waals surface area contributed by atoms with Crippen molar-refractivity contribution in [1.82, 2.24) is 20.1 Å². The Balaban J connectivity index is 1.71. The predicted octanol–water partition coefficient (Wildman–Crippen LogP) is 5.22. The number of hydrogen-bond acceptors (Lipinski definition) is 7. The van der Waals surface area contributed by atoms with Crippen LogP contribution in [-0.4, -0.2) is 51.5 Å². The van der Waals surface area contributed by atoms with Crippen molar-refractivity contribution in [2.45, 2.75) is 38.0 Å². The summed E-state index contributed by atoms with van der Waals surface area (Å²) in [5, 5.41) is 15.9. The minimum absolute atomic E-state index is 0.163. The van der Waals surface area contributed by atoms with Gasteiger partial charge in [-0.15, -0.1) is 10.2 Å².